The predicted molar refractivity (Wildman–Crippen MR) is 81.9 cm³/mol. The number of thioether (sulfide) groups is 1. The van der Waals surface area contributed by atoms with Gasteiger partial charge in [-0.05, 0) is 31.2 Å². The molecule has 1 fully saturated rings. The first-order valence-corrected chi connectivity index (χ1v) is 9.20. The number of aromatic nitrogens is 1. The maximum Gasteiger partial charge on any atom is 0.260 e. The molecule has 2 rings (SSSR count). The Morgan fingerprint density at radius 3 is 2.75 bits per heavy atom. The van der Waals surface area contributed by atoms with E-state index >= 15 is 0 Å². The molecule has 0 unspecified atom stereocenters. The van der Waals surface area contributed by atoms with Crippen LogP contribution >= 0.6 is 11.8 Å². The van der Waals surface area contributed by atoms with Crippen LogP contribution in [0.2, 0.25) is 0 Å². The van der Waals surface area contributed by atoms with E-state index in [2.05, 4.69) is 15.1 Å². The molecule has 0 atom stereocenters. The number of nitrogen functional groups attached to an aromatic ring is 1. The van der Waals surface area contributed by atoms with Crippen molar-refractivity contribution in [1.82, 2.24) is 9.71 Å². The Bertz CT molecular complexity index is 556. The fourth-order valence-electron chi connectivity index (χ4n) is 2.48. The monoisotopic (exact) mass is 316 g/mol. The van der Waals surface area contributed by atoms with Gasteiger partial charge in [0.2, 0.25) is 0 Å². The molecular formula is C12H20N4O2S2. The Kier molecular flexibility index (Phi) is 4.90. The molecule has 0 bridgehead atoms. The van der Waals surface area contributed by atoms with E-state index < -0.39 is 10.0 Å². The minimum atomic E-state index is -3.66. The molecule has 112 valence electrons. The maximum atomic E-state index is 12.3. The first kappa shape index (κ1) is 15.6. The molecular weight excluding hydrogens is 296 g/mol. The van der Waals surface area contributed by atoms with Gasteiger partial charge in [-0.15, -0.1) is 0 Å². The zero-order valence-corrected chi connectivity index (χ0v) is 13.1. The van der Waals surface area contributed by atoms with Crippen LogP contribution in [-0.4, -0.2) is 30.9 Å². The number of sulfonamides is 1. The second-order valence-corrected chi connectivity index (χ2v) is 7.88. The Balaban J connectivity index is 2.15. The molecule has 1 aliphatic rings. The summed E-state index contributed by atoms with van der Waals surface area (Å²) < 4.78 is 27.4. The van der Waals surface area contributed by atoms with Crippen molar-refractivity contribution < 1.29 is 8.42 Å². The van der Waals surface area contributed by atoms with Gasteiger partial charge in [-0.25, -0.2) is 18.1 Å². The van der Waals surface area contributed by atoms with E-state index in [0.29, 0.717) is 12.2 Å². The molecule has 1 aromatic heterocycles. The third-order valence-electron chi connectivity index (χ3n) is 3.71. The van der Waals surface area contributed by atoms with Crippen molar-refractivity contribution in [3.05, 3.63) is 18.3 Å². The van der Waals surface area contributed by atoms with Crippen molar-refractivity contribution in [2.45, 2.75) is 35.5 Å². The highest BCUT2D eigenvalue weighted by molar-refractivity contribution is 8.00. The lowest BCUT2D eigenvalue weighted by molar-refractivity contribution is 0.549. The number of rotatable bonds is 6. The Labute approximate surface area is 123 Å². The van der Waals surface area contributed by atoms with Crippen LogP contribution in [0.3, 0.4) is 0 Å². The normalized spacial score (nSPS) is 18.1. The summed E-state index contributed by atoms with van der Waals surface area (Å²) in [5, 5.41) is -0.0586. The third kappa shape index (κ3) is 3.25. The van der Waals surface area contributed by atoms with E-state index in [1.807, 2.05) is 6.26 Å². The molecule has 6 nitrogen and oxygen atoms in total. The fourth-order valence-corrected chi connectivity index (χ4v) is 4.71. The summed E-state index contributed by atoms with van der Waals surface area (Å²) in [6, 6.07) is 3.22. The Morgan fingerprint density at radius 2 is 2.15 bits per heavy atom. The molecule has 0 saturated heterocycles. The van der Waals surface area contributed by atoms with Crippen LogP contribution in [-0.2, 0) is 10.0 Å². The highest BCUT2D eigenvalue weighted by atomic mass is 32.2. The van der Waals surface area contributed by atoms with Crippen molar-refractivity contribution >= 4 is 27.5 Å². The predicted octanol–water partition coefficient (Wildman–Crippen LogP) is 1.32. The molecule has 0 radical (unpaired) electrons. The molecule has 1 saturated carbocycles. The number of hydrazine groups is 1. The van der Waals surface area contributed by atoms with E-state index in [4.69, 9.17) is 5.84 Å². The summed E-state index contributed by atoms with van der Waals surface area (Å²) >= 11 is 1.74. The molecule has 0 aliphatic heterocycles. The first-order valence-electron chi connectivity index (χ1n) is 6.49. The lowest BCUT2D eigenvalue weighted by Crippen LogP contribution is -2.39. The summed E-state index contributed by atoms with van der Waals surface area (Å²) in [7, 11) is -3.66. The van der Waals surface area contributed by atoms with Crippen molar-refractivity contribution in [2.24, 2.45) is 5.84 Å². The number of anilines is 1. The van der Waals surface area contributed by atoms with E-state index in [1.165, 1.54) is 6.20 Å². The number of pyridine rings is 1. The molecule has 20 heavy (non-hydrogen) atoms. The highest BCUT2D eigenvalue weighted by Gasteiger charge is 2.34. The molecule has 0 amide bonds. The van der Waals surface area contributed by atoms with Gasteiger partial charge in [0.15, 0.2) is 5.03 Å². The fraction of sp³-hybridized carbons (Fsp3) is 0.583. The molecule has 1 aromatic rings. The van der Waals surface area contributed by atoms with Gasteiger partial charge in [-0.3, -0.25) is 5.84 Å². The number of hydrogen-bond donors (Lipinski definition) is 3. The van der Waals surface area contributed by atoms with Crippen LogP contribution in [0.25, 0.3) is 0 Å². The first-order chi connectivity index (χ1) is 9.53. The third-order valence-corrected chi connectivity index (χ3v) is 6.49. The van der Waals surface area contributed by atoms with Crippen molar-refractivity contribution in [3.8, 4) is 0 Å². The number of hydrogen-bond acceptors (Lipinski definition) is 6. The molecule has 1 heterocycles. The topological polar surface area (TPSA) is 97.1 Å². The standard InChI is InChI=1S/C12H20N4O2S2/c1-19-12(6-2-3-7-12)9-15-20(17,18)11-10(16-13)5-4-8-14-11/h4-5,8,15-16H,2-3,6-7,9,13H2,1H3. The highest BCUT2D eigenvalue weighted by Crippen LogP contribution is 2.39. The van der Waals surface area contributed by atoms with Gasteiger partial charge in [0.25, 0.3) is 10.0 Å². The zero-order chi connectivity index (χ0) is 14.6. The Hall–Kier alpha value is -0.830. The molecule has 8 heteroatoms. The van der Waals surface area contributed by atoms with Gasteiger partial charge in [0, 0.05) is 17.5 Å². The van der Waals surface area contributed by atoms with Gasteiger partial charge in [-0.2, -0.15) is 11.8 Å². The maximum absolute atomic E-state index is 12.3. The van der Waals surface area contributed by atoms with Crippen LogP contribution in [0.5, 0.6) is 0 Å². The lowest BCUT2D eigenvalue weighted by Gasteiger charge is -2.26. The van der Waals surface area contributed by atoms with Crippen LogP contribution in [0.1, 0.15) is 25.7 Å². The second kappa shape index (κ2) is 6.30. The van der Waals surface area contributed by atoms with Gasteiger partial charge in [0.05, 0.1) is 5.69 Å². The van der Waals surface area contributed by atoms with Crippen LogP contribution in [0, 0.1) is 0 Å². The molecule has 4 N–H and O–H groups in total. The number of nitrogens with zero attached hydrogens (tertiary/aromatic N) is 1. The SMILES string of the molecule is CSC1(CNS(=O)(=O)c2ncccc2NN)CCCC1. The van der Waals surface area contributed by atoms with E-state index in [-0.39, 0.29) is 9.77 Å². The largest absolute Gasteiger partial charge is 0.321 e. The average Bonchev–Trinajstić information content (AvgIpc) is 2.95. The van der Waals surface area contributed by atoms with Crippen LogP contribution < -0.4 is 16.0 Å². The summed E-state index contributed by atoms with van der Waals surface area (Å²) in [6.07, 6.45) is 7.87. The van der Waals surface area contributed by atoms with Gasteiger partial charge >= 0.3 is 0 Å². The summed E-state index contributed by atoms with van der Waals surface area (Å²) in [5.74, 6) is 5.33. The van der Waals surface area contributed by atoms with Crippen molar-refractivity contribution in [3.63, 3.8) is 0 Å². The molecule has 1 aliphatic carbocycles. The van der Waals surface area contributed by atoms with Crippen LogP contribution in [0.15, 0.2) is 23.4 Å². The van der Waals surface area contributed by atoms with Gasteiger partial charge in [0.1, 0.15) is 0 Å². The molecule has 0 spiro atoms. The number of nitrogens with two attached hydrogens (primary N) is 1. The minimum absolute atomic E-state index is 0.0121. The van der Waals surface area contributed by atoms with E-state index in [9.17, 15) is 8.42 Å². The van der Waals surface area contributed by atoms with Crippen molar-refractivity contribution in [1.29, 1.82) is 0 Å². The van der Waals surface area contributed by atoms with Gasteiger partial charge < -0.3 is 5.43 Å². The summed E-state index contributed by atoms with van der Waals surface area (Å²) in [4.78, 5) is 3.92. The van der Waals surface area contributed by atoms with Crippen LogP contribution in [0.4, 0.5) is 5.69 Å². The smallest absolute Gasteiger partial charge is 0.260 e. The van der Waals surface area contributed by atoms with Gasteiger partial charge in [-0.1, -0.05) is 12.8 Å². The summed E-state index contributed by atoms with van der Waals surface area (Å²) in [6.45, 7) is 0.428. The Morgan fingerprint density at radius 1 is 1.45 bits per heavy atom. The van der Waals surface area contributed by atoms with E-state index in [1.54, 1.807) is 23.9 Å². The second-order valence-electron chi connectivity index (χ2n) is 4.92. The quantitative estimate of drug-likeness (QED) is 0.541. The number of nitrogens with one attached hydrogen (secondary N) is 2. The van der Waals surface area contributed by atoms with Crippen molar-refractivity contribution in [2.75, 3.05) is 18.2 Å². The molecule has 0 aromatic carbocycles. The lowest BCUT2D eigenvalue weighted by atomic mass is 10.1. The van der Waals surface area contributed by atoms with E-state index in [0.717, 1.165) is 25.7 Å². The average molecular weight is 316 g/mol. The summed E-state index contributed by atoms with van der Waals surface area (Å²) in [5.41, 5.74) is 2.66. The zero-order valence-electron chi connectivity index (χ0n) is 11.4. The minimum Gasteiger partial charge on any atom is -0.321 e.